The van der Waals surface area contributed by atoms with E-state index in [1.54, 1.807) is 11.3 Å². The summed E-state index contributed by atoms with van der Waals surface area (Å²) in [5.74, 6) is 1.51. The fraction of sp³-hybridized carbons (Fsp3) is 0.421. The summed E-state index contributed by atoms with van der Waals surface area (Å²) in [6.45, 7) is 6.65. The van der Waals surface area contributed by atoms with Crippen LogP contribution in [0.1, 0.15) is 46.1 Å². The monoisotopic (exact) mass is 354 g/mol. The van der Waals surface area contributed by atoms with Crippen molar-refractivity contribution in [1.82, 2.24) is 19.4 Å². The van der Waals surface area contributed by atoms with Gasteiger partial charge >= 0.3 is 0 Å². The number of carbonyl (C=O) groups is 1. The molecular formula is C19H22N4OS. The average Bonchev–Trinajstić information content (AvgIpc) is 3.33. The van der Waals surface area contributed by atoms with E-state index in [1.807, 2.05) is 42.3 Å². The summed E-state index contributed by atoms with van der Waals surface area (Å²) in [6.07, 6.45) is 3.82. The van der Waals surface area contributed by atoms with E-state index in [1.165, 1.54) is 4.88 Å². The van der Waals surface area contributed by atoms with E-state index in [-0.39, 0.29) is 11.8 Å². The maximum atomic E-state index is 12.7. The molecule has 0 aromatic carbocycles. The minimum atomic E-state index is 0.150. The first kappa shape index (κ1) is 16.3. The van der Waals surface area contributed by atoms with E-state index in [2.05, 4.69) is 16.5 Å². The summed E-state index contributed by atoms with van der Waals surface area (Å²) in [4.78, 5) is 26.1. The molecule has 1 fully saturated rings. The average molecular weight is 354 g/mol. The lowest BCUT2D eigenvalue weighted by Gasteiger charge is -2.16. The van der Waals surface area contributed by atoms with Gasteiger partial charge in [-0.1, -0.05) is 6.92 Å². The largest absolute Gasteiger partial charge is 0.337 e. The molecule has 1 aliphatic heterocycles. The van der Waals surface area contributed by atoms with Gasteiger partial charge in [0, 0.05) is 36.6 Å². The number of aromatic nitrogens is 3. The van der Waals surface area contributed by atoms with Crippen molar-refractivity contribution in [2.45, 2.75) is 39.2 Å². The predicted octanol–water partition coefficient (Wildman–Crippen LogP) is 3.84. The molecule has 4 heterocycles. The zero-order chi connectivity index (χ0) is 17.4. The second-order valence-electron chi connectivity index (χ2n) is 6.61. The Labute approximate surface area is 151 Å². The minimum absolute atomic E-state index is 0.150. The number of fused-ring (bicyclic) bond motifs is 1. The molecule has 25 heavy (non-hydrogen) atoms. The molecule has 0 radical (unpaired) electrons. The third-order valence-corrected chi connectivity index (χ3v) is 5.76. The number of likely N-dealkylation sites (tertiary alicyclic amines) is 1. The molecule has 0 aliphatic carbocycles. The van der Waals surface area contributed by atoms with Gasteiger partial charge in [-0.3, -0.25) is 4.79 Å². The summed E-state index contributed by atoms with van der Waals surface area (Å²) in [6, 6.07) is 7.90. The molecule has 0 saturated carbocycles. The summed E-state index contributed by atoms with van der Waals surface area (Å²) in [7, 11) is 0. The van der Waals surface area contributed by atoms with Crippen LogP contribution in [0.15, 0.2) is 30.5 Å². The molecule has 1 aliphatic rings. The Morgan fingerprint density at radius 1 is 1.36 bits per heavy atom. The Balaban J connectivity index is 1.60. The van der Waals surface area contributed by atoms with Gasteiger partial charge in [-0.25, -0.2) is 9.97 Å². The van der Waals surface area contributed by atoms with Crippen LogP contribution in [0.4, 0.5) is 0 Å². The highest BCUT2D eigenvalue weighted by Crippen LogP contribution is 2.30. The normalized spacial score (nSPS) is 17.5. The molecule has 5 nitrogen and oxygen atoms in total. The van der Waals surface area contributed by atoms with Crippen molar-refractivity contribution in [2.24, 2.45) is 0 Å². The number of hydrogen-bond donors (Lipinski definition) is 0. The number of rotatable bonds is 4. The molecule has 0 unspecified atom stereocenters. The lowest BCUT2D eigenvalue weighted by molar-refractivity contribution is 0.0795. The second kappa shape index (κ2) is 6.59. The highest BCUT2D eigenvalue weighted by molar-refractivity contribution is 7.13. The van der Waals surface area contributed by atoms with E-state index in [0.717, 1.165) is 54.3 Å². The molecule has 3 aromatic rings. The number of thiophene rings is 1. The van der Waals surface area contributed by atoms with Gasteiger partial charge in [-0.05, 0) is 44.0 Å². The van der Waals surface area contributed by atoms with Crippen molar-refractivity contribution < 1.29 is 4.79 Å². The Morgan fingerprint density at radius 2 is 2.24 bits per heavy atom. The molecule has 4 rings (SSSR count). The molecular weight excluding hydrogens is 332 g/mol. The Kier molecular flexibility index (Phi) is 4.29. The lowest BCUT2D eigenvalue weighted by atomic mass is 10.1. The fourth-order valence-electron chi connectivity index (χ4n) is 3.59. The number of pyridine rings is 1. The maximum Gasteiger partial charge on any atom is 0.263 e. The van der Waals surface area contributed by atoms with E-state index >= 15 is 0 Å². The first-order valence-corrected chi connectivity index (χ1v) is 9.66. The number of aryl methyl sites for hydroxylation is 2. The van der Waals surface area contributed by atoms with E-state index < -0.39 is 0 Å². The highest BCUT2D eigenvalue weighted by Gasteiger charge is 2.31. The van der Waals surface area contributed by atoms with Crippen molar-refractivity contribution in [3.63, 3.8) is 0 Å². The zero-order valence-electron chi connectivity index (χ0n) is 14.6. The van der Waals surface area contributed by atoms with Crippen molar-refractivity contribution in [3.8, 4) is 0 Å². The van der Waals surface area contributed by atoms with Gasteiger partial charge in [0.05, 0.1) is 4.88 Å². The van der Waals surface area contributed by atoms with Crippen LogP contribution in [0.25, 0.3) is 11.2 Å². The van der Waals surface area contributed by atoms with Gasteiger partial charge < -0.3 is 9.47 Å². The van der Waals surface area contributed by atoms with Crippen LogP contribution in [0.3, 0.4) is 0 Å². The Bertz CT molecular complexity index is 913. The third-order valence-electron chi connectivity index (χ3n) is 4.77. The number of nitrogens with zero attached hydrogens (tertiary/aromatic N) is 4. The molecule has 6 heteroatoms. The molecule has 3 aromatic heterocycles. The number of hydrogen-bond acceptors (Lipinski definition) is 4. The third kappa shape index (κ3) is 2.95. The SMILES string of the molecule is CCCn1c([C@H]2CCN(C(=O)c3ccc(C)s3)C2)nc2cccnc21. The number of amides is 1. The van der Waals surface area contributed by atoms with Crippen molar-refractivity contribution in [3.05, 3.63) is 46.0 Å². The van der Waals surface area contributed by atoms with Crippen LogP contribution in [-0.2, 0) is 6.54 Å². The predicted molar refractivity (Wildman–Crippen MR) is 100 cm³/mol. The molecule has 0 spiro atoms. The van der Waals surface area contributed by atoms with Crippen LogP contribution >= 0.6 is 11.3 Å². The maximum absolute atomic E-state index is 12.7. The summed E-state index contributed by atoms with van der Waals surface area (Å²) in [5, 5.41) is 0. The highest BCUT2D eigenvalue weighted by atomic mass is 32.1. The first-order valence-electron chi connectivity index (χ1n) is 8.84. The Morgan fingerprint density at radius 3 is 3.00 bits per heavy atom. The van der Waals surface area contributed by atoms with Gasteiger partial charge in [0.25, 0.3) is 5.91 Å². The van der Waals surface area contributed by atoms with Crippen LogP contribution in [-0.4, -0.2) is 38.4 Å². The molecule has 130 valence electrons. The van der Waals surface area contributed by atoms with E-state index in [9.17, 15) is 4.79 Å². The topological polar surface area (TPSA) is 51.0 Å². The summed E-state index contributed by atoms with van der Waals surface area (Å²) >= 11 is 1.57. The van der Waals surface area contributed by atoms with Gasteiger partial charge in [0.2, 0.25) is 0 Å². The molecule has 0 bridgehead atoms. The zero-order valence-corrected chi connectivity index (χ0v) is 15.4. The van der Waals surface area contributed by atoms with Crippen LogP contribution in [0.5, 0.6) is 0 Å². The van der Waals surface area contributed by atoms with Gasteiger partial charge in [-0.2, -0.15) is 0 Å². The van der Waals surface area contributed by atoms with Gasteiger partial charge in [-0.15, -0.1) is 11.3 Å². The summed E-state index contributed by atoms with van der Waals surface area (Å²) < 4.78 is 2.24. The molecule has 1 atom stereocenters. The quantitative estimate of drug-likeness (QED) is 0.715. The van der Waals surface area contributed by atoms with Crippen molar-refractivity contribution in [1.29, 1.82) is 0 Å². The number of carbonyl (C=O) groups excluding carboxylic acids is 1. The van der Waals surface area contributed by atoms with E-state index in [4.69, 9.17) is 4.98 Å². The van der Waals surface area contributed by atoms with Crippen molar-refractivity contribution >= 4 is 28.4 Å². The first-order chi connectivity index (χ1) is 12.2. The van der Waals surface area contributed by atoms with Crippen LogP contribution in [0.2, 0.25) is 0 Å². The van der Waals surface area contributed by atoms with Crippen molar-refractivity contribution in [2.75, 3.05) is 13.1 Å². The molecule has 1 amide bonds. The van der Waals surface area contributed by atoms with Gasteiger partial charge in [0.15, 0.2) is 5.65 Å². The van der Waals surface area contributed by atoms with Gasteiger partial charge in [0.1, 0.15) is 11.3 Å². The van der Waals surface area contributed by atoms with Crippen LogP contribution in [0, 0.1) is 6.92 Å². The fourth-order valence-corrected chi connectivity index (χ4v) is 4.43. The standard InChI is InChI=1S/C19H22N4OS/c1-3-10-23-17(21-15-5-4-9-20-18(15)23)14-8-11-22(12-14)19(24)16-7-6-13(2)25-16/h4-7,9,14H,3,8,10-12H2,1-2H3/t14-/m0/s1. The number of imidazole rings is 1. The Hall–Kier alpha value is -2.21. The molecule has 1 saturated heterocycles. The summed E-state index contributed by atoms with van der Waals surface area (Å²) in [5.41, 5.74) is 1.91. The van der Waals surface area contributed by atoms with Crippen LogP contribution < -0.4 is 0 Å². The smallest absolute Gasteiger partial charge is 0.263 e. The molecule has 0 N–H and O–H groups in total. The minimum Gasteiger partial charge on any atom is -0.337 e. The second-order valence-corrected chi connectivity index (χ2v) is 7.90. The van der Waals surface area contributed by atoms with E-state index in [0.29, 0.717) is 0 Å². The lowest BCUT2D eigenvalue weighted by Crippen LogP contribution is -2.28.